The summed E-state index contributed by atoms with van der Waals surface area (Å²) in [4.78, 5) is 12.4. The van der Waals surface area contributed by atoms with Crippen molar-refractivity contribution in [2.24, 2.45) is 0 Å². The van der Waals surface area contributed by atoms with Crippen LogP contribution in [0.2, 0.25) is 5.02 Å². The van der Waals surface area contributed by atoms with Crippen LogP contribution in [0.25, 0.3) is 0 Å². The maximum atomic E-state index is 13.8. The minimum Gasteiger partial charge on any atom is -0.506 e. The van der Waals surface area contributed by atoms with Gasteiger partial charge in [0.15, 0.2) is 5.69 Å². The second-order valence-electron chi connectivity index (χ2n) is 5.39. The third-order valence-corrected chi connectivity index (χ3v) is 3.92. The minimum absolute atomic E-state index is 0.0794. The first-order valence-corrected chi connectivity index (χ1v) is 7.77. The number of amides is 1. The molecule has 0 fully saturated rings. The van der Waals surface area contributed by atoms with Crippen molar-refractivity contribution in [3.63, 3.8) is 0 Å². The second kappa shape index (κ2) is 6.90. The van der Waals surface area contributed by atoms with Gasteiger partial charge >= 0.3 is 0 Å². The van der Waals surface area contributed by atoms with Crippen LogP contribution < -0.4 is 5.32 Å². The average molecular weight is 361 g/mol. The van der Waals surface area contributed by atoms with Crippen molar-refractivity contribution < 1.29 is 14.3 Å². The molecule has 2 N–H and O–H groups in total. The molecule has 8 heteroatoms. The van der Waals surface area contributed by atoms with Gasteiger partial charge in [-0.1, -0.05) is 35.0 Å². The number of anilines is 1. The molecule has 0 aliphatic carbocycles. The fraction of sp³-hybridized carbons (Fsp3) is 0.118. The lowest BCUT2D eigenvalue weighted by atomic mass is 10.2. The van der Waals surface area contributed by atoms with Crippen molar-refractivity contribution in [3.8, 4) is 5.75 Å². The molecule has 0 atom stereocenters. The Hall–Kier alpha value is -2.93. The van der Waals surface area contributed by atoms with Crippen molar-refractivity contribution in [1.29, 1.82) is 0 Å². The molecule has 0 aliphatic rings. The van der Waals surface area contributed by atoms with Gasteiger partial charge in [0.25, 0.3) is 5.91 Å². The molecule has 128 valence electrons. The summed E-state index contributed by atoms with van der Waals surface area (Å²) in [6, 6.07) is 10.6. The van der Waals surface area contributed by atoms with E-state index < -0.39 is 5.91 Å². The summed E-state index contributed by atoms with van der Waals surface area (Å²) in [6.45, 7) is 1.81. The largest absolute Gasteiger partial charge is 0.506 e. The van der Waals surface area contributed by atoms with Gasteiger partial charge in [-0.05, 0) is 31.2 Å². The molecule has 3 rings (SSSR count). The first-order valence-electron chi connectivity index (χ1n) is 7.39. The van der Waals surface area contributed by atoms with Gasteiger partial charge in [0.1, 0.15) is 11.6 Å². The Balaban J connectivity index is 1.82. The lowest BCUT2D eigenvalue weighted by molar-refractivity contribution is 0.102. The van der Waals surface area contributed by atoms with E-state index in [2.05, 4.69) is 15.6 Å². The van der Waals surface area contributed by atoms with E-state index in [4.69, 9.17) is 11.6 Å². The number of phenols is 1. The molecule has 25 heavy (non-hydrogen) atoms. The Labute approximate surface area is 147 Å². The van der Waals surface area contributed by atoms with Gasteiger partial charge in [-0.2, -0.15) is 0 Å². The van der Waals surface area contributed by atoms with E-state index >= 15 is 0 Å². The summed E-state index contributed by atoms with van der Waals surface area (Å²) in [5, 5.41) is 20.4. The fourth-order valence-corrected chi connectivity index (χ4v) is 2.47. The van der Waals surface area contributed by atoms with Crippen molar-refractivity contribution in [3.05, 3.63) is 70.3 Å². The molecule has 0 aliphatic heterocycles. The van der Waals surface area contributed by atoms with Crippen LogP contribution in [-0.2, 0) is 6.54 Å². The number of aromatic nitrogens is 3. The molecule has 0 saturated carbocycles. The molecule has 3 aromatic rings. The summed E-state index contributed by atoms with van der Waals surface area (Å²) < 4.78 is 15.2. The zero-order valence-corrected chi connectivity index (χ0v) is 14.0. The van der Waals surface area contributed by atoms with Gasteiger partial charge in [-0.3, -0.25) is 4.79 Å². The molecule has 0 radical (unpaired) electrons. The van der Waals surface area contributed by atoms with E-state index in [0.29, 0.717) is 16.3 Å². The molecule has 1 heterocycles. The number of phenolic OH excluding ortho intramolecular Hbond substituents is 1. The van der Waals surface area contributed by atoms with Crippen molar-refractivity contribution in [1.82, 2.24) is 15.0 Å². The van der Waals surface area contributed by atoms with Crippen molar-refractivity contribution in [2.75, 3.05) is 5.32 Å². The van der Waals surface area contributed by atoms with Gasteiger partial charge in [0, 0.05) is 10.6 Å². The quantitative estimate of drug-likeness (QED) is 0.699. The first-order chi connectivity index (χ1) is 12.0. The van der Waals surface area contributed by atoms with Gasteiger partial charge in [0.2, 0.25) is 0 Å². The van der Waals surface area contributed by atoms with Crippen molar-refractivity contribution >= 4 is 23.2 Å². The van der Waals surface area contributed by atoms with Crippen molar-refractivity contribution in [2.45, 2.75) is 13.5 Å². The van der Waals surface area contributed by atoms with Gasteiger partial charge in [-0.25, -0.2) is 9.07 Å². The number of halogens is 2. The number of nitrogens with zero attached hydrogens (tertiary/aromatic N) is 3. The van der Waals surface area contributed by atoms with E-state index in [1.807, 2.05) is 0 Å². The lowest BCUT2D eigenvalue weighted by Crippen LogP contribution is -2.14. The lowest BCUT2D eigenvalue weighted by Gasteiger charge is -2.07. The Morgan fingerprint density at radius 1 is 1.32 bits per heavy atom. The Morgan fingerprint density at radius 3 is 2.84 bits per heavy atom. The number of carbonyl (C=O) groups is 1. The fourth-order valence-electron chi connectivity index (χ4n) is 2.30. The van der Waals surface area contributed by atoms with Crippen LogP contribution >= 0.6 is 11.6 Å². The summed E-state index contributed by atoms with van der Waals surface area (Å²) in [5.74, 6) is -1.02. The minimum atomic E-state index is -0.546. The molecule has 2 aromatic carbocycles. The summed E-state index contributed by atoms with van der Waals surface area (Å²) in [6.07, 6.45) is 0. The molecule has 0 spiro atoms. The van der Waals surface area contributed by atoms with E-state index in [1.165, 1.54) is 28.9 Å². The van der Waals surface area contributed by atoms with Crippen LogP contribution in [0.1, 0.15) is 21.7 Å². The highest BCUT2D eigenvalue weighted by Gasteiger charge is 2.18. The van der Waals surface area contributed by atoms with Crippen LogP contribution in [-0.4, -0.2) is 26.0 Å². The molecule has 6 nitrogen and oxygen atoms in total. The maximum Gasteiger partial charge on any atom is 0.278 e. The van der Waals surface area contributed by atoms with Crippen LogP contribution in [0.15, 0.2) is 42.5 Å². The number of aromatic hydroxyl groups is 1. The zero-order chi connectivity index (χ0) is 18.0. The second-order valence-corrected chi connectivity index (χ2v) is 5.82. The van der Waals surface area contributed by atoms with Crippen LogP contribution in [0, 0.1) is 12.7 Å². The predicted molar refractivity (Wildman–Crippen MR) is 91.3 cm³/mol. The highest BCUT2D eigenvalue weighted by Crippen LogP contribution is 2.27. The third-order valence-electron chi connectivity index (χ3n) is 3.68. The average Bonchev–Trinajstić information content (AvgIpc) is 2.94. The smallest absolute Gasteiger partial charge is 0.278 e. The SMILES string of the molecule is Cc1c(C(=O)Nc2cc(Cl)ccc2O)nnn1Cc1ccccc1F. The maximum absolute atomic E-state index is 13.8. The third kappa shape index (κ3) is 3.61. The predicted octanol–water partition coefficient (Wildman–Crippen LogP) is 3.39. The van der Waals surface area contributed by atoms with E-state index in [0.717, 1.165) is 0 Å². The number of nitrogens with one attached hydrogen (secondary N) is 1. The van der Waals surface area contributed by atoms with Gasteiger partial charge < -0.3 is 10.4 Å². The topological polar surface area (TPSA) is 80.0 Å². The van der Waals surface area contributed by atoms with Crippen LogP contribution in [0.4, 0.5) is 10.1 Å². The molecule has 0 unspecified atom stereocenters. The number of carbonyl (C=O) groups excluding carboxylic acids is 1. The normalized spacial score (nSPS) is 10.7. The van der Waals surface area contributed by atoms with E-state index in [1.54, 1.807) is 25.1 Å². The highest BCUT2D eigenvalue weighted by atomic mass is 35.5. The zero-order valence-electron chi connectivity index (χ0n) is 13.2. The summed E-state index contributed by atoms with van der Waals surface area (Å²) >= 11 is 5.86. The standard InChI is InChI=1S/C17H14ClFN4O2/c1-10-16(17(25)20-14-8-12(18)6-7-15(14)24)21-22-23(10)9-11-4-2-3-5-13(11)19/h2-8,24H,9H2,1H3,(H,20,25). The summed E-state index contributed by atoms with van der Waals surface area (Å²) in [7, 11) is 0. The van der Waals surface area contributed by atoms with E-state index in [-0.39, 0.29) is 29.5 Å². The number of hydrogen-bond acceptors (Lipinski definition) is 4. The number of rotatable bonds is 4. The van der Waals surface area contributed by atoms with Gasteiger partial charge in [0.05, 0.1) is 17.9 Å². The van der Waals surface area contributed by atoms with E-state index in [9.17, 15) is 14.3 Å². The van der Waals surface area contributed by atoms with Crippen LogP contribution in [0.5, 0.6) is 5.75 Å². The summed E-state index contributed by atoms with van der Waals surface area (Å²) in [5.41, 5.74) is 1.16. The Bertz CT molecular complexity index is 942. The Kier molecular flexibility index (Phi) is 4.67. The highest BCUT2D eigenvalue weighted by molar-refractivity contribution is 6.31. The molecule has 1 amide bonds. The Morgan fingerprint density at radius 2 is 2.08 bits per heavy atom. The van der Waals surface area contributed by atoms with Crippen LogP contribution in [0.3, 0.4) is 0 Å². The number of hydrogen-bond donors (Lipinski definition) is 2. The molecule has 0 saturated heterocycles. The molecule has 1 aromatic heterocycles. The molecule has 0 bridgehead atoms. The first kappa shape index (κ1) is 16.9. The monoisotopic (exact) mass is 360 g/mol. The molecular formula is C17H14ClFN4O2. The van der Waals surface area contributed by atoms with Gasteiger partial charge in [-0.15, -0.1) is 5.10 Å². The number of benzene rings is 2. The molecular weight excluding hydrogens is 347 g/mol.